The fourth-order valence-corrected chi connectivity index (χ4v) is 3.67. The molecule has 1 aliphatic rings. The number of hydrogen-bond donors (Lipinski definition) is 6. The van der Waals surface area contributed by atoms with Crippen LogP contribution >= 0.6 is 0 Å². The Morgan fingerprint density at radius 2 is 1.69 bits per heavy atom. The molecule has 0 heterocycles. The SMILES string of the molecule is N=C(N)c1ccc(CNC(=O)CNC(=O)C2(NCC(=O)O)C[C@H]2Cc2ccccc2)cc1. The molecule has 3 rings (SSSR count). The van der Waals surface area contributed by atoms with Crippen molar-refractivity contribution in [1.29, 1.82) is 5.41 Å². The van der Waals surface area contributed by atoms with Crippen LogP contribution in [0, 0.1) is 11.3 Å². The first kappa shape index (κ1) is 23.0. The molecule has 2 amide bonds. The summed E-state index contributed by atoms with van der Waals surface area (Å²) in [6.07, 6.45) is 1.15. The summed E-state index contributed by atoms with van der Waals surface area (Å²) in [6, 6.07) is 16.6. The molecule has 7 N–H and O–H groups in total. The van der Waals surface area contributed by atoms with Crippen molar-refractivity contribution in [2.24, 2.45) is 11.7 Å². The molecule has 1 aliphatic carbocycles. The molecule has 1 saturated carbocycles. The number of hydrogen-bond acceptors (Lipinski definition) is 5. The number of rotatable bonds is 11. The first-order valence-electron chi connectivity index (χ1n) is 10.3. The minimum Gasteiger partial charge on any atom is -0.480 e. The molecule has 9 nitrogen and oxygen atoms in total. The van der Waals surface area contributed by atoms with Gasteiger partial charge < -0.3 is 21.5 Å². The van der Waals surface area contributed by atoms with Gasteiger partial charge in [-0.2, -0.15) is 0 Å². The van der Waals surface area contributed by atoms with Gasteiger partial charge in [-0.15, -0.1) is 0 Å². The van der Waals surface area contributed by atoms with E-state index >= 15 is 0 Å². The predicted molar refractivity (Wildman–Crippen MR) is 119 cm³/mol. The van der Waals surface area contributed by atoms with E-state index in [1.807, 2.05) is 30.3 Å². The normalized spacial score (nSPS) is 19.1. The summed E-state index contributed by atoms with van der Waals surface area (Å²) in [5.74, 6) is -1.86. The molecule has 9 heteroatoms. The first-order valence-corrected chi connectivity index (χ1v) is 10.3. The van der Waals surface area contributed by atoms with Crippen LogP contribution in [0.4, 0.5) is 0 Å². The van der Waals surface area contributed by atoms with E-state index in [0.717, 1.165) is 11.1 Å². The van der Waals surface area contributed by atoms with Crippen molar-refractivity contribution in [2.75, 3.05) is 13.1 Å². The van der Waals surface area contributed by atoms with Gasteiger partial charge in [-0.05, 0) is 29.9 Å². The maximum absolute atomic E-state index is 12.8. The van der Waals surface area contributed by atoms with Gasteiger partial charge in [0.2, 0.25) is 11.8 Å². The van der Waals surface area contributed by atoms with Crippen LogP contribution < -0.4 is 21.7 Å². The third-order valence-electron chi connectivity index (χ3n) is 5.55. The van der Waals surface area contributed by atoms with Gasteiger partial charge in [0.05, 0.1) is 13.1 Å². The van der Waals surface area contributed by atoms with E-state index in [1.54, 1.807) is 24.3 Å². The Hall–Kier alpha value is -3.72. The number of benzene rings is 2. The highest BCUT2D eigenvalue weighted by molar-refractivity contribution is 5.95. The van der Waals surface area contributed by atoms with Crippen molar-refractivity contribution < 1.29 is 19.5 Å². The van der Waals surface area contributed by atoms with E-state index in [-0.39, 0.29) is 43.2 Å². The highest BCUT2D eigenvalue weighted by Gasteiger charge is 2.59. The van der Waals surface area contributed by atoms with Crippen LogP contribution in [0.1, 0.15) is 23.1 Å². The van der Waals surface area contributed by atoms with Crippen molar-refractivity contribution in [2.45, 2.75) is 24.9 Å². The molecule has 1 fully saturated rings. The second-order valence-corrected chi connectivity index (χ2v) is 7.88. The first-order chi connectivity index (χ1) is 15.3. The fourth-order valence-electron chi connectivity index (χ4n) is 3.67. The van der Waals surface area contributed by atoms with Crippen molar-refractivity contribution in [3.05, 3.63) is 71.3 Å². The van der Waals surface area contributed by atoms with E-state index in [9.17, 15) is 14.4 Å². The summed E-state index contributed by atoms with van der Waals surface area (Å²) in [6.45, 7) is -0.272. The Balaban J connectivity index is 1.51. The highest BCUT2D eigenvalue weighted by atomic mass is 16.4. The number of aliphatic carboxylic acids is 1. The third kappa shape index (κ3) is 5.92. The number of nitrogens with one attached hydrogen (secondary N) is 4. The van der Waals surface area contributed by atoms with Crippen LogP contribution in [0.3, 0.4) is 0 Å². The zero-order valence-corrected chi connectivity index (χ0v) is 17.6. The minimum atomic E-state index is -1.05. The summed E-state index contributed by atoms with van der Waals surface area (Å²) in [5.41, 5.74) is 6.93. The lowest BCUT2D eigenvalue weighted by molar-refractivity contribution is -0.136. The maximum atomic E-state index is 12.8. The smallest absolute Gasteiger partial charge is 0.317 e. The molecule has 0 aromatic heterocycles. The summed E-state index contributed by atoms with van der Waals surface area (Å²) < 4.78 is 0. The van der Waals surface area contributed by atoms with Crippen LogP contribution in [0.2, 0.25) is 0 Å². The molecule has 168 valence electrons. The van der Waals surface area contributed by atoms with Crippen LogP contribution in [0.15, 0.2) is 54.6 Å². The van der Waals surface area contributed by atoms with Crippen LogP contribution in [-0.2, 0) is 27.3 Å². The lowest BCUT2D eigenvalue weighted by atomic mass is 10.0. The number of nitrogen functional groups attached to an aromatic ring is 1. The molecule has 0 aliphatic heterocycles. The lowest BCUT2D eigenvalue weighted by Crippen LogP contribution is -2.51. The molecule has 32 heavy (non-hydrogen) atoms. The number of carbonyl (C=O) groups excluding carboxylic acids is 2. The second-order valence-electron chi connectivity index (χ2n) is 7.88. The van der Waals surface area contributed by atoms with E-state index in [1.165, 1.54) is 0 Å². The molecule has 2 atom stereocenters. The van der Waals surface area contributed by atoms with Gasteiger partial charge in [-0.3, -0.25) is 25.1 Å². The number of carboxylic acids is 1. The van der Waals surface area contributed by atoms with Crippen LogP contribution in [0.25, 0.3) is 0 Å². The zero-order chi connectivity index (χ0) is 23.1. The number of carboxylic acid groups (broad SMARTS) is 1. The molecular weight excluding hydrogens is 410 g/mol. The Labute approximate surface area is 185 Å². The van der Waals surface area contributed by atoms with Gasteiger partial charge in [0.15, 0.2) is 0 Å². The molecular formula is C23H27N5O4. The van der Waals surface area contributed by atoms with Crippen LogP contribution in [-0.4, -0.2) is 47.4 Å². The van der Waals surface area contributed by atoms with E-state index < -0.39 is 11.5 Å². The summed E-state index contributed by atoms with van der Waals surface area (Å²) in [4.78, 5) is 36.1. The number of amides is 2. The van der Waals surface area contributed by atoms with E-state index in [2.05, 4.69) is 16.0 Å². The van der Waals surface area contributed by atoms with Crippen LogP contribution in [0.5, 0.6) is 0 Å². The molecule has 2 aromatic carbocycles. The maximum Gasteiger partial charge on any atom is 0.317 e. The Morgan fingerprint density at radius 1 is 1.00 bits per heavy atom. The van der Waals surface area contributed by atoms with Crippen molar-refractivity contribution >= 4 is 23.6 Å². The zero-order valence-electron chi connectivity index (χ0n) is 17.6. The average Bonchev–Trinajstić information content (AvgIpc) is 3.49. The molecule has 0 saturated heterocycles. The van der Waals surface area contributed by atoms with Crippen molar-refractivity contribution in [1.82, 2.24) is 16.0 Å². The van der Waals surface area contributed by atoms with Crippen molar-refractivity contribution in [3.63, 3.8) is 0 Å². The van der Waals surface area contributed by atoms with E-state index in [0.29, 0.717) is 18.4 Å². The van der Waals surface area contributed by atoms with Gasteiger partial charge in [-0.1, -0.05) is 54.6 Å². The Kier molecular flexibility index (Phi) is 7.21. The van der Waals surface area contributed by atoms with Gasteiger partial charge in [-0.25, -0.2) is 0 Å². The fraction of sp³-hybridized carbons (Fsp3) is 0.304. The molecule has 1 unspecified atom stereocenters. The topological polar surface area (TPSA) is 157 Å². The monoisotopic (exact) mass is 437 g/mol. The van der Waals surface area contributed by atoms with Gasteiger partial charge in [0.1, 0.15) is 11.4 Å². The second kappa shape index (κ2) is 10.1. The molecule has 2 aromatic rings. The average molecular weight is 438 g/mol. The Bertz CT molecular complexity index is 993. The molecule has 0 radical (unpaired) electrons. The van der Waals surface area contributed by atoms with Crippen molar-refractivity contribution in [3.8, 4) is 0 Å². The quantitative estimate of drug-likeness (QED) is 0.220. The lowest BCUT2D eigenvalue weighted by Gasteiger charge is -2.18. The minimum absolute atomic E-state index is 0.0284. The summed E-state index contributed by atoms with van der Waals surface area (Å²) >= 11 is 0. The Morgan fingerprint density at radius 3 is 2.31 bits per heavy atom. The van der Waals surface area contributed by atoms with Gasteiger partial charge in [0, 0.05) is 12.1 Å². The van der Waals surface area contributed by atoms with Gasteiger partial charge >= 0.3 is 5.97 Å². The number of nitrogens with two attached hydrogens (primary N) is 1. The number of amidine groups is 1. The van der Waals surface area contributed by atoms with Gasteiger partial charge in [0.25, 0.3) is 0 Å². The third-order valence-corrected chi connectivity index (χ3v) is 5.55. The standard InChI is InChI=1S/C23H27N5O4/c24-21(25)17-8-6-16(7-9-17)12-26-19(29)13-27-22(32)23(28-14-20(30)31)11-18(23)10-15-4-2-1-3-5-15/h1-9,18,28H,10-14H2,(H3,24,25)(H,26,29)(H,27,32)(H,30,31)/t18-,23?/m1/s1. The highest BCUT2D eigenvalue weighted by Crippen LogP contribution is 2.45. The van der Waals surface area contributed by atoms with E-state index in [4.69, 9.17) is 16.2 Å². The molecule has 0 spiro atoms. The predicted octanol–water partition coefficient (Wildman–Crippen LogP) is 0.379. The summed E-state index contributed by atoms with van der Waals surface area (Å²) in [5, 5.41) is 24.6. The summed E-state index contributed by atoms with van der Waals surface area (Å²) in [7, 11) is 0. The number of carbonyl (C=O) groups is 3. The largest absolute Gasteiger partial charge is 0.480 e. The molecule has 0 bridgehead atoms.